The Morgan fingerprint density at radius 3 is 1.28 bits per heavy atom. The third-order valence-corrected chi connectivity index (χ3v) is 11.8. The Bertz CT molecular complexity index is 1230. The van der Waals surface area contributed by atoms with Crippen LogP contribution >= 0.6 is 0 Å². The van der Waals surface area contributed by atoms with Crippen molar-refractivity contribution in [3.05, 3.63) is 60.8 Å². The van der Waals surface area contributed by atoms with Crippen molar-refractivity contribution in [3.8, 4) is 0 Å². The van der Waals surface area contributed by atoms with Crippen LogP contribution in [0.5, 0.6) is 0 Å². The monoisotopic (exact) mass is 898 g/mol. The molecule has 0 aromatic heterocycles. The molecule has 0 aromatic carbocycles. The van der Waals surface area contributed by atoms with Gasteiger partial charge in [-0.25, -0.2) is 0 Å². The van der Waals surface area contributed by atoms with Crippen LogP contribution in [0.4, 0.5) is 0 Å². The summed E-state index contributed by atoms with van der Waals surface area (Å²) in [5.74, 6) is -1.76. The first-order chi connectivity index (χ1) is 31.1. The summed E-state index contributed by atoms with van der Waals surface area (Å²) in [6.45, 7) is 4.57. The summed E-state index contributed by atoms with van der Waals surface area (Å²) in [5, 5.41) is 11.7. The molecule has 0 aliphatic rings. The average molecular weight is 898 g/mol. The number of unbranched alkanes of at least 4 members (excludes halogenated alkanes) is 27. The molecule has 0 saturated carbocycles. The van der Waals surface area contributed by atoms with Crippen molar-refractivity contribution in [2.45, 2.75) is 238 Å². The van der Waals surface area contributed by atoms with E-state index in [0.29, 0.717) is 12.8 Å². The molecule has 0 bridgehead atoms. The van der Waals surface area contributed by atoms with Gasteiger partial charge in [0.1, 0.15) is 12.6 Å². The molecule has 0 aromatic rings. The molecule has 0 fully saturated rings. The number of ether oxygens (including phenoxy) is 3. The first kappa shape index (κ1) is 61.0. The van der Waals surface area contributed by atoms with Gasteiger partial charge in [0.05, 0.1) is 40.3 Å². The summed E-state index contributed by atoms with van der Waals surface area (Å²) in [5.41, 5.74) is 0. The fourth-order valence-electron chi connectivity index (χ4n) is 7.69. The van der Waals surface area contributed by atoms with Crippen LogP contribution in [0.3, 0.4) is 0 Å². The highest BCUT2D eigenvalue weighted by molar-refractivity contribution is 5.70. The van der Waals surface area contributed by atoms with E-state index in [4.69, 9.17) is 14.2 Å². The van der Waals surface area contributed by atoms with E-state index in [1.165, 1.54) is 128 Å². The highest BCUT2D eigenvalue weighted by Crippen LogP contribution is 2.16. The van der Waals surface area contributed by atoms with Gasteiger partial charge in [-0.05, 0) is 32.1 Å². The topological polar surface area (TPSA) is 102 Å². The van der Waals surface area contributed by atoms with E-state index in [1.54, 1.807) is 21.1 Å². The van der Waals surface area contributed by atoms with Crippen LogP contribution in [0.2, 0.25) is 0 Å². The summed E-state index contributed by atoms with van der Waals surface area (Å²) in [6, 6.07) is -0.733. The normalized spacial score (nSPS) is 13.3. The van der Waals surface area contributed by atoms with E-state index in [2.05, 4.69) is 38.2 Å². The van der Waals surface area contributed by atoms with Crippen LogP contribution in [0.15, 0.2) is 60.8 Å². The first-order valence-corrected chi connectivity index (χ1v) is 26.4. The highest BCUT2D eigenvalue weighted by Gasteiger charge is 2.25. The van der Waals surface area contributed by atoms with Crippen LogP contribution in [-0.2, 0) is 28.6 Å². The summed E-state index contributed by atoms with van der Waals surface area (Å²) >= 11 is 0. The first-order valence-electron chi connectivity index (χ1n) is 26.4. The quantitative estimate of drug-likeness (QED) is 0.0259. The number of carbonyl (C=O) groups excluding carboxylic acids is 3. The number of aliphatic carboxylic acids is 1. The predicted molar refractivity (Wildman–Crippen MR) is 268 cm³/mol. The van der Waals surface area contributed by atoms with E-state index in [1.807, 2.05) is 36.5 Å². The van der Waals surface area contributed by atoms with Crippen molar-refractivity contribution >= 4 is 17.9 Å². The lowest BCUT2D eigenvalue weighted by molar-refractivity contribution is -0.889. The van der Waals surface area contributed by atoms with Crippen molar-refractivity contribution in [3.63, 3.8) is 0 Å². The van der Waals surface area contributed by atoms with Crippen LogP contribution in [0.1, 0.15) is 226 Å². The maximum absolute atomic E-state index is 12.8. The van der Waals surface area contributed by atoms with Gasteiger partial charge in [0.15, 0.2) is 6.10 Å². The third kappa shape index (κ3) is 44.2. The van der Waals surface area contributed by atoms with Gasteiger partial charge in [-0.3, -0.25) is 9.59 Å². The number of likely N-dealkylation sites (N-methyl/N-ethyl adjacent to an activating group) is 1. The zero-order chi connectivity index (χ0) is 47.0. The average Bonchev–Trinajstić information content (AvgIpc) is 3.26. The molecular weight excluding hydrogens is 799 g/mol. The Balaban J connectivity index is 4.24. The number of quaternary nitrogens is 1. The zero-order valence-electron chi connectivity index (χ0n) is 42.2. The molecule has 0 amide bonds. The molecule has 0 heterocycles. The molecule has 0 radical (unpaired) electrons. The third-order valence-electron chi connectivity index (χ3n) is 11.8. The maximum Gasteiger partial charge on any atom is 0.306 e. The standard InChI is InChI=1S/C56H99NO7/c1-6-8-10-12-14-16-18-20-22-24-26-27-28-29-31-32-34-36-38-40-42-44-46-54(58)63-51-52(50-62-49-48-53(56(60)61)57(3,4)5)64-55(59)47-45-43-41-39-37-35-33-30-25-23-21-19-17-15-13-11-9-7-2/h11,13,15,17,19,21,23,25,30,33,52-53H,6-10,12,14,16,18,20,22,24,26-29,31-32,34-51H2,1-5H3/b13-11+,17-15+,21-19+,25-23+,33-30+. The minimum Gasteiger partial charge on any atom is -0.544 e. The Morgan fingerprint density at radius 2 is 0.859 bits per heavy atom. The summed E-state index contributed by atoms with van der Waals surface area (Å²) in [7, 11) is 5.41. The molecule has 370 valence electrons. The Morgan fingerprint density at radius 1 is 0.469 bits per heavy atom. The minimum absolute atomic E-state index is 0.0299. The van der Waals surface area contributed by atoms with Crippen LogP contribution in [0, 0.1) is 0 Å². The lowest BCUT2D eigenvalue weighted by Crippen LogP contribution is -2.55. The second-order valence-electron chi connectivity index (χ2n) is 18.9. The molecular formula is C56H99NO7. The highest BCUT2D eigenvalue weighted by atomic mass is 16.6. The number of nitrogens with zero attached hydrogens (tertiary/aromatic N) is 1. The number of rotatable bonds is 47. The van der Waals surface area contributed by atoms with E-state index in [0.717, 1.165) is 64.2 Å². The van der Waals surface area contributed by atoms with Gasteiger partial charge >= 0.3 is 11.9 Å². The van der Waals surface area contributed by atoms with Gasteiger partial charge in [0.25, 0.3) is 0 Å². The van der Waals surface area contributed by atoms with Crippen molar-refractivity contribution in [1.29, 1.82) is 0 Å². The van der Waals surface area contributed by atoms with Crippen LogP contribution in [0.25, 0.3) is 0 Å². The largest absolute Gasteiger partial charge is 0.544 e. The van der Waals surface area contributed by atoms with Gasteiger partial charge in [0, 0.05) is 19.3 Å². The Kier molecular flexibility index (Phi) is 44.4. The smallest absolute Gasteiger partial charge is 0.306 e. The van der Waals surface area contributed by atoms with Crippen molar-refractivity contribution in [2.75, 3.05) is 41.0 Å². The number of esters is 2. The van der Waals surface area contributed by atoms with E-state index < -0.39 is 18.1 Å². The van der Waals surface area contributed by atoms with Crippen molar-refractivity contribution < 1.29 is 38.2 Å². The molecule has 8 nitrogen and oxygen atoms in total. The molecule has 0 aliphatic carbocycles. The second kappa shape index (κ2) is 46.6. The van der Waals surface area contributed by atoms with Crippen molar-refractivity contribution in [1.82, 2.24) is 0 Å². The minimum atomic E-state index is -1.13. The predicted octanol–water partition coefficient (Wildman–Crippen LogP) is 14.0. The fraction of sp³-hybridized carbons (Fsp3) is 0.768. The molecule has 0 N–H and O–H groups in total. The zero-order valence-corrected chi connectivity index (χ0v) is 42.2. The second-order valence-corrected chi connectivity index (χ2v) is 18.9. The number of carboxylic acids is 1. The fourth-order valence-corrected chi connectivity index (χ4v) is 7.69. The van der Waals surface area contributed by atoms with Gasteiger partial charge in [0.2, 0.25) is 0 Å². The van der Waals surface area contributed by atoms with Gasteiger partial charge in [-0.1, -0.05) is 235 Å². The van der Waals surface area contributed by atoms with E-state index >= 15 is 0 Å². The molecule has 64 heavy (non-hydrogen) atoms. The molecule has 8 heteroatoms. The van der Waals surface area contributed by atoms with Gasteiger partial charge in [-0.15, -0.1) is 0 Å². The number of carboxylic acid groups (broad SMARTS) is 1. The van der Waals surface area contributed by atoms with E-state index in [-0.39, 0.29) is 42.7 Å². The number of allylic oxidation sites excluding steroid dienone is 10. The van der Waals surface area contributed by atoms with Crippen LogP contribution in [-0.4, -0.2) is 75.5 Å². The molecule has 0 saturated heterocycles. The lowest BCUT2D eigenvalue weighted by atomic mass is 10.0. The number of hydrogen-bond donors (Lipinski definition) is 0. The molecule has 2 unspecified atom stereocenters. The summed E-state index contributed by atoms with van der Waals surface area (Å²) in [6.07, 6.45) is 58.2. The van der Waals surface area contributed by atoms with Gasteiger partial charge < -0.3 is 28.6 Å². The summed E-state index contributed by atoms with van der Waals surface area (Å²) < 4.78 is 17.2. The molecule has 0 rings (SSSR count). The Hall–Kier alpha value is -2.97. The molecule has 0 spiro atoms. The van der Waals surface area contributed by atoms with E-state index in [9.17, 15) is 19.5 Å². The number of carbonyl (C=O) groups is 3. The van der Waals surface area contributed by atoms with Crippen LogP contribution < -0.4 is 5.11 Å². The maximum atomic E-state index is 12.8. The molecule has 2 atom stereocenters. The van der Waals surface area contributed by atoms with Gasteiger partial charge in [-0.2, -0.15) is 0 Å². The Labute approximate surface area is 394 Å². The number of hydrogen-bond acceptors (Lipinski definition) is 7. The lowest BCUT2D eigenvalue weighted by Gasteiger charge is -2.34. The SMILES string of the molecule is CCC/C=C/C=C/C=C/C=C/C=C/CCCCCCCC(=O)OC(COCCC(C(=O)[O-])[N+](C)(C)C)COC(=O)CCCCCCCCCCCCCCCCCCCCCCCC. The molecule has 0 aliphatic heterocycles. The summed E-state index contributed by atoms with van der Waals surface area (Å²) in [4.78, 5) is 37.1. The van der Waals surface area contributed by atoms with Crippen molar-refractivity contribution in [2.24, 2.45) is 0 Å².